The van der Waals surface area contributed by atoms with Crippen LogP contribution in [0, 0.1) is 16.0 Å². The Morgan fingerprint density at radius 3 is 2.52 bits per heavy atom. The maximum absolute atomic E-state index is 12.9. The molecule has 0 spiro atoms. The molecule has 1 amide bonds. The molecule has 3 rings (SSSR count). The van der Waals surface area contributed by atoms with Crippen LogP contribution in [0.1, 0.15) is 17.5 Å². The average Bonchev–Trinajstić information content (AvgIpc) is 3.07. The molecular formula is C19H15F3N2O5. The van der Waals surface area contributed by atoms with E-state index in [0.717, 1.165) is 17.0 Å². The number of anilines is 1. The number of rotatable bonds is 5. The predicted molar refractivity (Wildman–Crippen MR) is 94.8 cm³/mol. The molecule has 0 radical (unpaired) electrons. The summed E-state index contributed by atoms with van der Waals surface area (Å²) < 4.78 is 43.8. The molecule has 1 aliphatic heterocycles. The number of alkyl halides is 3. The van der Waals surface area contributed by atoms with E-state index in [2.05, 4.69) is 0 Å². The monoisotopic (exact) mass is 408 g/mol. The fourth-order valence-corrected chi connectivity index (χ4v) is 2.95. The van der Waals surface area contributed by atoms with Crippen molar-refractivity contribution in [3.8, 4) is 0 Å². The van der Waals surface area contributed by atoms with Gasteiger partial charge < -0.3 is 9.64 Å². The molecule has 2 aromatic carbocycles. The summed E-state index contributed by atoms with van der Waals surface area (Å²) in [5, 5.41) is 10.6. The maximum atomic E-state index is 12.9. The molecule has 0 unspecified atom stereocenters. The zero-order valence-electron chi connectivity index (χ0n) is 14.9. The second kappa shape index (κ2) is 7.90. The summed E-state index contributed by atoms with van der Waals surface area (Å²) in [7, 11) is 0. The van der Waals surface area contributed by atoms with Crippen molar-refractivity contribution in [1.29, 1.82) is 0 Å². The summed E-state index contributed by atoms with van der Waals surface area (Å²) in [5.74, 6) is -1.94. The molecule has 29 heavy (non-hydrogen) atoms. The van der Waals surface area contributed by atoms with E-state index < -0.39 is 34.5 Å². The van der Waals surface area contributed by atoms with Gasteiger partial charge in [0.15, 0.2) is 0 Å². The van der Waals surface area contributed by atoms with Gasteiger partial charge in [-0.2, -0.15) is 13.2 Å². The van der Waals surface area contributed by atoms with Crippen LogP contribution in [0.2, 0.25) is 0 Å². The van der Waals surface area contributed by atoms with Crippen LogP contribution in [-0.2, 0) is 27.1 Å². The van der Waals surface area contributed by atoms with Crippen molar-refractivity contribution in [3.63, 3.8) is 0 Å². The molecule has 0 aromatic heterocycles. The van der Waals surface area contributed by atoms with Gasteiger partial charge in [0.1, 0.15) is 6.61 Å². The zero-order valence-corrected chi connectivity index (χ0v) is 14.9. The van der Waals surface area contributed by atoms with Crippen molar-refractivity contribution < 1.29 is 32.4 Å². The first kappa shape index (κ1) is 20.3. The lowest BCUT2D eigenvalue weighted by molar-refractivity contribution is -0.384. The van der Waals surface area contributed by atoms with Gasteiger partial charge in [-0.05, 0) is 35.9 Å². The number of nitrogens with zero attached hydrogens (tertiary/aromatic N) is 2. The second-order valence-corrected chi connectivity index (χ2v) is 6.48. The Morgan fingerprint density at radius 1 is 1.21 bits per heavy atom. The Bertz CT molecular complexity index is 944. The number of non-ortho nitro benzene ring substituents is 1. The van der Waals surface area contributed by atoms with E-state index in [1.54, 1.807) is 0 Å². The number of nitro groups is 1. The maximum Gasteiger partial charge on any atom is 0.416 e. The normalized spacial score (nSPS) is 16.7. The highest BCUT2D eigenvalue weighted by Crippen LogP contribution is 2.33. The van der Waals surface area contributed by atoms with Gasteiger partial charge in [0, 0.05) is 30.8 Å². The summed E-state index contributed by atoms with van der Waals surface area (Å²) in [6, 6.07) is 9.78. The number of esters is 1. The summed E-state index contributed by atoms with van der Waals surface area (Å²) in [6.45, 7) is -0.218. The van der Waals surface area contributed by atoms with Gasteiger partial charge in [-0.15, -0.1) is 0 Å². The second-order valence-electron chi connectivity index (χ2n) is 6.48. The van der Waals surface area contributed by atoms with Crippen molar-refractivity contribution in [2.75, 3.05) is 11.4 Å². The fourth-order valence-electron chi connectivity index (χ4n) is 2.95. The number of amides is 1. The first-order valence-corrected chi connectivity index (χ1v) is 8.53. The summed E-state index contributed by atoms with van der Waals surface area (Å²) in [5.41, 5.74) is -0.385. The number of hydrogen-bond donors (Lipinski definition) is 0. The molecule has 1 fully saturated rings. The minimum atomic E-state index is -4.54. The quantitative estimate of drug-likeness (QED) is 0.427. The average molecular weight is 408 g/mol. The highest BCUT2D eigenvalue weighted by molar-refractivity contribution is 5.99. The van der Waals surface area contributed by atoms with Crippen LogP contribution in [0.3, 0.4) is 0 Å². The van der Waals surface area contributed by atoms with Gasteiger partial charge in [-0.25, -0.2) is 0 Å². The fraction of sp³-hybridized carbons (Fsp3) is 0.263. The van der Waals surface area contributed by atoms with E-state index in [1.165, 1.54) is 36.4 Å². The first-order valence-electron chi connectivity index (χ1n) is 8.53. The Morgan fingerprint density at radius 2 is 1.90 bits per heavy atom. The van der Waals surface area contributed by atoms with Crippen molar-refractivity contribution in [1.82, 2.24) is 0 Å². The van der Waals surface area contributed by atoms with Crippen molar-refractivity contribution in [2.45, 2.75) is 19.2 Å². The van der Waals surface area contributed by atoms with Gasteiger partial charge >= 0.3 is 12.1 Å². The molecule has 10 heteroatoms. The van der Waals surface area contributed by atoms with Gasteiger partial charge in [0.25, 0.3) is 5.69 Å². The van der Waals surface area contributed by atoms with Crippen molar-refractivity contribution in [3.05, 3.63) is 69.8 Å². The summed E-state index contributed by atoms with van der Waals surface area (Å²) >= 11 is 0. The SMILES string of the molecule is O=C(OCc1ccc([N+](=O)[O-])cc1)[C@@H]1CC(=O)N(c2cccc(C(F)(F)F)c2)C1. The largest absolute Gasteiger partial charge is 0.461 e. The number of halogens is 3. The van der Waals surface area contributed by atoms with Crippen LogP contribution in [0.4, 0.5) is 24.5 Å². The van der Waals surface area contributed by atoms with E-state index in [4.69, 9.17) is 4.74 Å². The highest BCUT2D eigenvalue weighted by Gasteiger charge is 2.37. The number of carbonyl (C=O) groups is 2. The predicted octanol–water partition coefficient (Wildman–Crippen LogP) is 3.71. The van der Waals surface area contributed by atoms with Gasteiger partial charge in [0.2, 0.25) is 5.91 Å². The number of hydrogen-bond acceptors (Lipinski definition) is 5. The number of carbonyl (C=O) groups excluding carboxylic acids is 2. The Kier molecular flexibility index (Phi) is 5.53. The summed E-state index contributed by atoms with van der Waals surface area (Å²) in [6.07, 6.45) is -4.71. The summed E-state index contributed by atoms with van der Waals surface area (Å²) in [4.78, 5) is 35.7. The Hall–Kier alpha value is -3.43. The molecule has 7 nitrogen and oxygen atoms in total. The van der Waals surface area contributed by atoms with Crippen molar-refractivity contribution >= 4 is 23.3 Å². The molecule has 0 bridgehead atoms. The molecular weight excluding hydrogens is 393 g/mol. The topological polar surface area (TPSA) is 89.7 Å². The molecule has 1 heterocycles. The highest BCUT2D eigenvalue weighted by atomic mass is 19.4. The van der Waals surface area contributed by atoms with Crippen LogP contribution in [0.5, 0.6) is 0 Å². The minimum absolute atomic E-state index is 0.0653. The Balaban J connectivity index is 1.62. The molecule has 152 valence electrons. The van der Waals surface area contributed by atoms with Crippen LogP contribution < -0.4 is 4.90 Å². The molecule has 1 atom stereocenters. The lowest BCUT2D eigenvalue weighted by Crippen LogP contribution is -2.26. The molecule has 0 N–H and O–H groups in total. The van der Waals surface area contributed by atoms with Crippen LogP contribution in [0.15, 0.2) is 48.5 Å². The van der Waals surface area contributed by atoms with E-state index in [0.29, 0.717) is 5.56 Å². The number of ether oxygens (including phenoxy) is 1. The molecule has 2 aromatic rings. The van der Waals surface area contributed by atoms with Crippen LogP contribution >= 0.6 is 0 Å². The van der Waals surface area contributed by atoms with Crippen LogP contribution in [-0.4, -0.2) is 23.3 Å². The molecule has 1 aliphatic rings. The standard InChI is InChI=1S/C19H15F3N2O5/c20-19(21,22)14-2-1-3-16(9-14)23-10-13(8-17(23)25)18(26)29-11-12-4-6-15(7-5-12)24(27)28/h1-7,9,13H,8,10-11H2/t13-/m1/s1. The van der Waals surface area contributed by atoms with Gasteiger partial charge in [0.05, 0.1) is 16.4 Å². The minimum Gasteiger partial charge on any atom is -0.461 e. The van der Waals surface area contributed by atoms with E-state index in [9.17, 15) is 32.9 Å². The smallest absolute Gasteiger partial charge is 0.416 e. The lowest BCUT2D eigenvalue weighted by Gasteiger charge is -2.18. The van der Waals surface area contributed by atoms with E-state index >= 15 is 0 Å². The zero-order chi connectivity index (χ0) is 21.2. The van der Waals surface area contributed by atoms with Crippen LogP contribution in [0.25, 0.3) is 0 Å². The van der Waals surface area contributed by atoms with Gasteiger partial charge in [-0.3, -0.25) is 19.7 Å². The molecule has 1 saturated heterocycles. The third-order valence-corrected chi connectivity index (χ3v) is 4.47. The first-order chi connectivity index (χ1) is 13.6. The Labute approximate surface area is 162 Å². The van der Waals surface area contributed by atoms with Crippen molar-refractivity contribution in [2.24, 2.45) is 5.92 Å². The third kappa shape index (κ3) is 4.71. The third-order valence-electron chi connectivity index (χ3n) is 4.47. The number of nitro benzene ring substituents is 1. The van der Waals surface area contributed by atoms with Gasteiger partial charge in [-0.1, -0.05) is 6.07 Å². The lowest BCUT2D eigenvalue weighted by atomic mass is 10.1. The molecule has 0 aliphatic carbocycles. The molecule has 0 saturated carbocycles. The van der Waals surface area contributed by atoms with E-state index in [1.807, 2.05) is 0 Å². The van der Waals surface area contributed by atoms with E-state index in [-0.39, 0.29) is 30.9 Å². The number of benzene rings is 2.